The van der Waals surface area contributed by atoms with Crippen molar-refractivity contribution in [2.24, 2.45) is 5.92 Å². The summed E-state index contributed by atoms with van der Waals surface area (Å²) in [7, 11) is 0. The average molecular weight is 246 g/mol. The van der Waals surface area contributed by atoms with Gasteiger partial charge in [0, 0.05) is 12.7 Å². The summed E-state index contributed by atoms with van der Waals surface area (Å²) in [6.45, 7) is 3.62. The Labute approximate surface area is 107 Å². The van der Waals surface area contributed by atoms with Crippen LogP contribution in [0.5, 0.6) is 5.88 Å². The van der Waals surface area contributed by atoms with Crippen molar-refractivity contribution in [2.75, 3.05) is 31.3 Å². The minimum Gasteiger partial charge on any atom is -0.476 e. The first kappa shape index (κ1) is 10.6. The van der Waals surface area contributed by atoms with Gasteiger partial charge in [-0.3, -0.25) is 0 Å². The topological polar surface area (TPSA) is 34.6 Å². The summed E-state index contributed by atoms with van der Waals surface area (Å²) in [4.78, 5) is 6.81. The van der Waals surface area contributed by atoms with Gasteiger partial charge in [0.15, 0.2) is 0 Å². The summed E-state index contributed by atoms with van der Waals surface area (Å²) in [5.41, 5.74) is 1.40. The fourth-order valence-electron chi connectivity index (χ4n) is 2.73. The number of ether oxygens (including phenoxy) is 2. The lowest BCUT2D eigenvalue weighted by molar-refractivity contribution is -0.0849. The third-order valence-electron chi connectivity index (χ3n) is 4.31. The minimum atomic E-state index is 0.251. The molecule has 18 heavy (non-hydrogen) atoms. The molecule has 4 heteroatoms. The van der Waals surface area contributed by atoms with Gasteiger partial charge >= 0.3 is 0 Å². The highest BCUT2D eigenvalue weighted by atomic mass is 16.5. The Hall–Kier alpha value is -1.29. The number of hydrogen-bond donors (Lipinski definition) is 0. The Balaban J connectivity index is 1.55. The van der Waals surface area contributed by atoms with Crippen LogP contribution in [0.15, 0.2) is 18.3 Å². The fraction of sp³-hybridized carbons (Fsp3) is 0.643. The van der Waals surface area contributed by atoms with Crippen LogP contribution in [0.3, 0.4) is 0 Å². The van der Waals surface area contributed by atoms with Gasteiger partial charge in [0.2, 0.25) is 5.88 Å². The highest BCUT2D eigenvalue weighted by molar-refractivity contribution is 5.60. The van der Waals surface area contributed by atoms with Crippen molar-refractivity contribution in [1.82, 2.24) is 4.98 Å². The van der Waals surface area contributed by atoms with E-state index in [1.165, 1.54) is 19.3 Å². The number of pyridine rings is 1. The van der Waals surface area contributed by atoms with E-state index < -0.39 is 0 Å². The highest BCUT2D eigenvalue weighted by Gasteiger charge is 2.51. The molecule has 2 aliphatic heterocycles. The molecule has 3 fully saturated rings. The standard InChI is InChI=1S/C14H18N2O2/c1-2-12(16-7-5-14(16)9-17-10-14)13(15-6-1)18-8-11-3-4-11/h1-2,6,11H,3-5,7-10H2. The molecule has 1 aliphatic carbocycles. The predicted molar refractivity (Wildman–Crippen MR) is 68.0 cm³/mol. The van der Waals surface area contributed by atoms with E-state index in [4.69, 9.17) is 9.47 Å². The van der Waals surface area contributed by atoms with Crippen LogP contribution in [0.2, 0.25) is 0 Å². The van der Waals surface area contributed by atoms with Gasteiger partial charge in [-0.1, -0.05) is 0 Å². The molecule has 3 aliphatic rings. The van der Waals surface area contributed by atoms with E-state index >= 15 is 0 Å². The van der Waals surface area contributed by atoms with Crippen LogP contribution < -0.4 is 9.64 Å². The molecule has 2 saturated heterocycles. The molecule has 4 rings (SSSR count). The maximum absolute atomic E-state index is 5.89. The van der Waals surface area contributed by atoms with Crippen molar-refractivity contribution in [1.29, 1.82) is 0 Å². The summed E-state index contributed by atoms with van der Waals surface area (Å²) < 4.78 is 11.3. The van der Waals surface area contributed by atoms with Crippen LogP contribution in [0, 0.1) is 5.92 Å². The second-order valence-corrected chi connectivity index (χ2v) is 5.70. The van der Waals surface area contributed by atoms with E-state index in [-0.39, 0.29) is 5.54 Å². The van der Waals surface area contributed by atoms with Crippen molar-refractivity contribution in [3.8, 4) is 5.88 Å². The first-order chi connectivity index (χ1) is 8.87. The first-order valence-electron chi connectivity index (χ1n) is 6.81. The molecule has 0 radical (unpaired) electrons. The van der Waals surface area contributed by atoms with Gasteiger partial charge in [-0.05, 0) is 37.3 Å². The Morgan fingerprint density at radius 1 is 1.44 bits per heavy atom. The molecule has 1 saturated carbocycles. The fourth-order valence-corrected chi connectivity index (χ4v) is 2.73. The summed E-state index contributed by atoms with van der Waals surface area (Å²) >= 11 is 0. The second kappa shape index (κ2) is 3.85. The van der Waals surface area contributed by atoms with Crippen LogP contribution >= 0.6 is 0 Å². The van der Waals surface area contributed by atoms with E-state index in [9.17, 15) is 0 Å². The zero-order valence-corrected chi connectivity index (χ0v) is 10.5. The van der Waals surface area contributed by atoms with Crippen molar-refractivity contribution < 1.29 is 9.47 Å². The second-order valence-electron chi connectivity index (χ2n) is 5.70. The Kier molecular flexibility index (Phi) is 2.27. The van der Waals surface area contributed by atoms with Crippen molar-refractivity contribution >= 4 is 5.69 Å². The zero-order chi connectivity index (χ0) is 12.0. The van der Waals surface area contributed by atoms with Gasteiger partial charge in [-0.2, -0.15) is 0 Å². The summed E-state index contributed by atoms with van der Waals surface area (Å²) in [6, 6.07) is 4.11. The molecule has 1 spiro atoms. The summed E-state index contributed by atoms with van der Waals surface area (Å²) in [6.07, 6.45) is 5.66. The van der Waals surface area contributed by atoms with Crippen LogP contribution in [0.1, 0.15) is 19.3 Å². The van der Waals surface area contributed by atoms with E-state index in [1.54, 1.807) is 0 Å². The van der Waals surface area contributed by atoms with Crippen molar-refractivity contribution in [3.05, 3.63) is 18.3 Å². The number of anilines is 1. The number of hydrogen-bond acceptors (Lipinski definition) is 4. The molecule has 0 bridgehead atoms. The largest absolute Gasteiger partial charge is 0.476 e. The predicted octanol–water partition coefficient (Wildman–Crippen LogP) is 1.85. The Bertz CT molecular complexity index is 449. The van der Waals surface area contributed by atoms with E-state index in [2.05, 4.69) is 16.0 Å². The van der Waals surface area contributed by atoms with E-state index in [1.807, 2.05) is 12.3 Å². The molecule has 0 unspecified atom stereocenters. The minimum absolute atomic E-state index is 0.251. The monoisotopic (exact) mass is 246 g/mol. The van der Waals surface area contributed by atoms with Gasteiger partial charge in [0.25, 0.3) is 0 Å². The first-order valence-corrected chi connectivity index (χ1v) is 6.81. The molecule has 0 atom stereocenters. The van der Waals surface area contributed by atoms with Crippen LogP contribution in [-0.4, -0.2) is 36.9 Å². The van der Waals surface area contributed by atoms with E-state index in [0.717, 1.165) is 43.9 Å². The van der Waals surface area contributed by atoms with Gasteiger partial charge in [-0.15, -0.1) is 0 Å². The van der Waals surface area contributed by atoms with Gasteiger partial charge < -0.3 is 14.4 Å². The quantitative estimate of drug-likeness (QED) is 0.812. The molecule has 96 valence electrons. The number of aromatic nitrogens is 1. The summed E-state index contributed by atoms with van der Waals surface area (Å²) in [5, 5.41) is 0. The Morgan fingerprint density at radius 2 is 2.33 bits per heavy atom. The van der Waals surface area contributed by atoms with E-state index in [0.29, 0.717) is 0 Å². The molecule has 0 amide bonds. The normalized spacial score (nSPS) is 24.6. The molecule has 1 aromatic heterocycles. The lowest BCUT2D eigenvalue weighted by Crippen LogP contribution is -2.71. The maximum Gasteiger partial charge on any atom is 0.237 e. The van der Waals surface area contributed by atoms with Gasteiger partial charge in [0.1, 0.15) is 5.69 Å². The Morgan fingerprint density at radius 3 is 2.94 bits per heavy atom. The van der Waals surface area contributed by atoms with Crippen molar-refractivity contribution in [2.45, 2.75) is 24.8 Å². The average Bonchev–Trinajstić information content (AvgIpc) is 3.08. The maximum atomic E-state index is 5.89. The smallest absolute Gasteiger partial charge is 0.237 e. The molecule has 0 N–H and O–H groups in total. The highest BCUT2D eigenvalue weighted by Crippen LogP contribution is 2.44. The third-order valence-corrected chi connectivity index (χ3v) is 4.31. The summed E-state index contributed by atoms with van der Waals surface area (Å²) in [5.74, 6) is 1.56. The lowest BCUT2D eigenvalue weighted by Gasteiger charge is -2.58. The van der Waals surface area contributed by atoms with Crippen LogP contribution in [0.4, 0.5) is 5.69 Å². The van der Waals surface area contributed by atoms with Crippen LogP contribution in [0.25, 0.3) is 0 Å². The molecular formula is C14H18N2O2. The zero-order valence-electron chi connectivity index (χ0n) is 10.5. The SMILES string of the molecule is c1cnc(OCC2CC2)c(N2CCC23COC3)c1. The molecular weight excluding hydrogens is 228 g/mol. The third kappa shape index (κ3) is 1.59. The van der Waals surface area contributed by atoms with Gasteiger partial charge in [-0.25, -0.2) is 4.98 Å². The van der Waals surface area contributed by atoms with Crippen LogP contribution in [-0.2, 0) is 4.74 Å². The van der Waals surface area contributed by atoms with Crippen molar-refractivity contribution in [3.63, 3.8) is 0 Å². The molecule has 0 aromatic carbocycles. The van der Waals surface area contributed by atoms with Gasteiger partial charge in [0.05, 0.1) is 25.4 Å². The number of rotatable bonds is 4. The molecule has 1 aromatic rings. The lowest BCUT2D eigenvalue weighted by atomic mass is 9.82. The molecule has 3 heterocycles. The number of nitrogens with zero attached hydrogens (tertiary/aromatic N) is 2. The molecule has 4 nitrogen and oxygen atoms in total.